The molecule has 2 N–H and O–H groups in total. The predicted octanol–water partition coefficient (Wildman–Crippen LogP) is 1.61. The van der Waals surface area contributed by atoms with Gasteiger partial charge in [0.25, 0.3) is 5.91 Å². The van der Waals surface area contributed by atoms with Gasteiger partial charge in [-0.15, -0.1) is 0 Å². The van der Waals surface area contributed by atoms with Crippen LogP contribution in [0.2, 0.25) is 0 Å². The Labute approximate surface area is 199 Å². The second-order valence-electron chi connectivity index (χ2n) is 7.45. The molecule has 11 nitrogen and oxygen atoms in total. The molecule has 194 valence electrons. The minimum absolute atomic E-state index is 0.0501. The van der Waals surface area contributed by atoms with Crippen LogP contribution >= 0.6 is 0 Å². The number of hydrogen-bond donors (Lipinski definition) is 2. The zero-order valence-electron chi connectivity index (χ0n) is 19.2. The van der Waals surface area contributed by atoms with Crippen LogP contribution in [-0.4, -0.2) is 86.4 Å². The number of nitrogens with zero attached hydrogens (tertiary/aromatic N) is 3. The summed E-state index contributed by atoms with van der Waals surface area (Å²) >= 11 is 0. The Bertz CT molecular complexity index is 934. The first-order valence-corrected chi connectivity index (χ1v) is 10.7. The minimum atomic E-state index is -3.19. The first-order chi connectivity index (χ1) is 16.6. The van der Waals surface area contributed by atoms with Gasteiger partial charge in [-0.05, 0) is 25.1 Å². The smallest absolute Gasteiger partial charge is 0.414 e. The number of likely N-dealkylation sites (N-methyl/N-ethyl adjacent to an activating group) is 1. The zero-order valence-corrected chi connectivity index (χ0v) is 19.2. The van der Waals surface area contributed by atoms with Crippen LogP contribution in [0.25, 0.3) is 0 Å². The number of aliphatic carboxylic acids is 1. The van der Waals surface area contributed by atoms with Gasteiger partial charge in [0, 0.05) is 19.5 Å². The van der Waals surface area contributed by atoms with Crippen molar-refractivity contribution in [2.24, 2.45) is 0 Å². The molecule has 0 radical (unpaired) electrons. The minimum Gasteiger partial charge on any atom is -0.481 e. The number of carbonyl (C=O) groups excluding carboxylic acids is 3. The number of nitrogens with one attached hydrogen (secondary N) is 1. The van der Waals surface area contributed by atoms with Crippen LogP contribution in [0.15, 0.2) is 18.2 Å². The van der Waals surface area contributed by atoms with Crippen molar-refractivity contribution >= 4 is 35.3 Å². The van der Waals surface area contributed by atoms with Gasteiger partial charge in [-0.2, -0.15) is 8.78 Å². The number of anilines is 2. The fourth-order valence-electron chi connectivity index (χ4n) is 3.37. The second kappa shape index (κ2) is 12.8. The van der Waals surface area contributed by atoms with Crippen LogP contribution in [-0.2, 0) is 24.0 Å². The molecule has 1 aromatic carbocycles. The number of carboxylic acids is 1. The molecule has 0 unspecified atom stereocenters. The molecule has 1 aliphatic heterocycles. The van der Waals surface area contributed by atoms with Crippen molar-refractivity contribution in [2.45, 2.75) is 32.3 Å². The van der Waals surface area contributed by atoms with Crippen molar-refractivity contribution in [1.29, 1.82) is 0 Å². The van der Waals surface area contributed by atoms with Gasteiger partial charge in [0.15, 0.2) is 0 Å². The van der Waals surface area contributed by atoms with Crippen molar-refractivity contribution in [1.82, 2.24) is 10.4 Å². The van der Waals surface area contributed by atoms with Gasteiger partial charge in [-0.25, -0.2) is 14.2 Å². The molecule has 1 aliphatic rings. The molecule has 0 spiro atoms. The number of ether oxygens (including phenoxy) is 1. The largest absolute Gasteiger partial charge is 0.481 e. The molecule has 0 bridgehead atoms. The molecule has 3 amide bonds. The number of hydrogen-bond acceptors (Lipinski definition) is 7. The summed E-state index contributed by atoms with van der Waals surface area (Å²) in [6.07, 6.45) is -5.46. The van der Waals surface area contributed by atoms with Crippen LogP contribution in [0.1, 0.15) is 19.8 Å². The van der Waals surface area contributed by atoms with E-state index in [1.807, 2.05) is 5.32 Å². The Hall–Kier alpha value is -3.55. The zero-order chi connectivity index (χ0) is 26.1. The molecule has 0 aliphatic carbocycles. The van der Waals surface area contributed by atoms with Gasteiger partial charge in [0.05, 0.1) is 44.5 Å². The summed E-state index contributed by atoms with van der Waals surface area (Å²) in [6.45, 7) is 1.99. The lowest BCUT2D eigenvalue weighted by atomic mass is 10.2. The number of benzene rings is 1. The summed E-state index contributed by atoms with van der Waals surface area (Å²) in [5.41, 5.74) is 0.371. The molecule has 1 saturated heterocycles. The average Bonchev–Trinajstić information content (AvgIpc) is 3.19. The third kappa shape index (κ3) is 7.73. The molecule has 0 aromatic heterocycles. The highest BCUT2D eigenvalue weighted by Crippen LogP contribution is 2.28. The quantitative estimate of drug-likeness (QED) is 0.388. The van der Waals surface area contributed by atoms with Gasteiger partial charge in [-0.3, -0.25) is 24.1 Å². The Kier molecular flexibility index (Phi) is 10.1. The van der Waals surface area contributed by atoms with Gasteiger partial charge in [0.1, 0.15) is 11.9 Å². The highest BCUT2D eigenvalue weighted by atomic mass is 19.3. The third-order valence-corrected chi connectivity index (χ3v) is 5.17. The van der Waals surface area contributed by atoms with E-state index in [1.54, 1.807) is 11.8 Å². The first-order valence-electron chi connectivity index (χ1n) is 10.7. The SMILES string of the molecule is CCN(CCN(OC)C(=O)CCC(=O)O)c1ccc(N2C[C@H](CNC(=O)C(F)F)OC2=O)cc1F. The summed E-state index contributed by atoms with van der Waals surface area (Å²) in [5.74, 6) is -3.77. The van der Waals surface area contributed by atoms with E-state index in [0.717, 1.165) is 16.0 Å². The lowest BCUT2D eigenvalue weighted by Gasteiger charge is -2.27. The number of rotatable bonds is 13. The molecule has 0 saturated carbocycles. The van der Waals surface area contributed by atoms with E-state index in [9.17, 15) is 32.3 Å². The Morgan fingerprint density at radius 2 is 2.00 bits per heavy atom. The van der Waals surface area contributed by atoms with E-state index in [-0.39, 0.29) is 50.4 Å². The Morgan fingerprint density at radius 1 is 1.29 bits per heavy atom. The summed E-state index contributed by atoms with van der Waals surface area (Å²) in [4.78, 5) is 53.6. The summed E-state index contributed by atoms with van der Waals surface area (Å²) in [7, 11) is 1.27. The average molecular weight is 504 g/mol. The molecule has 1 fully saturated rings. The van der Waals surface area contributed by atoms with Crippen molar-refractivity contribution in [3.63, 3.8) is 0 Å². The highest BCUT2D eigenvalue weighted by molar-refractivity contribution is 5.90. The number of amides is 3. The third-order valence-electron chi connectivity index (χ3n) is 5.17. The van der Waals surface area contributed by atoms with E-state index in [1.165, 1.54) is 19.2 Å². The predicted molar refractivity (Wildman–Crippen MR) is 117 cm³/mol. The molecule has 2 rings (SSSR count). The number of carbonyl (C=O) groups is 4. The molecule has 35 heavy (non-hydrogen) atoms. The standard InChI is InChI=1S/C21H27F3N4O7/c1-3-26(8-9-28(34-2)17(29)6-7-18(30)31)16-5-4-13(10-15(16)22)27-12-14(35-21(27)33)11-25-20(32)19(23)24/h4-5,10,14,19H,3,6-9,11-12H2,1-2H3,(H,25,32)(H,30,31)/t14-/m0/s1. The first kappa shape index (κ1) is 27.7. The molecule has 14 heteroatoms. The molecular formula is C21H27F3N4O7. The maximum Gasteiger partial charge on any atom is 0.414 e. The van der Waals surface area contributed by atoms with Crippen molar-refractivity contribution < 1.29 is 47.0 Å². The lowest BCUT2D eigenvalue weighted by Crippen LogP contribution is -2.38. The summed E-state index contributed by atoms with van der Waals surface area (Å²) < 4.78 is 44.6. The normalized spacial score (nSPS) is 15.2. The summed E-state index contributed by atoms with van der Waals surface area (Å²) in [6, 6.07) is 4.04. The van der Waals surface area contributed by atoms with E-state index >= 15 is 0 Å². The molecule has 1 heterocycles. The van der Waals surface area contributed by atoms with E-state index < -0.39 is 42.2 Å². The monoisotopic (exact) mass is 504 g/mol. The maximum absolute atomic E-state index is 14.9. The lowest BCUT2D eigenvalue weighted by molar-refractivity contribution is -0.176. The topological polar surface area (TPSA) is 129 Å². The number of carboxylic acid groups (broad SMARTS) is 1. The highest BCUT2D eigenvalue weighted by Gasteiger charge is 2.33. The van der Waals surface area contributed by atoms with Gasteiger partial charge in [0.2, 0.25) is 5.91 Å². The number of alkyl halides is 2. The van der Waals surface area contributed by atoms with Crippen molar-refractivity contribution in [3.05, 3.63) is 24.0 Å². The number of hydroxylamine groups is 2. The fraction of sp³-hybridized carbons (Fsp3) is 0.524. The number of cyclic esters (lactones) is 1. The van der Waals surface area contributed by atoms with Crippen LogP contribution < -0.4 is 15.1 Å². The van der Waals surface area contributed by atoms with E-state index in [2.05, 4.69) is 0 Å². The maximum atomic E-state index is 14.9. The van der Waals surface area contributed by atoms with Gasteiger partial charge < -0.3 is 20.1 Å². The number of halogens is 3. The molecule has 1 aromatic rings. The van der Waals surface area contributed by atoms with Crippen molar-refractivity contribution in [2.75, 3.05) is 49.6 Å². The van der Waals surface area contributed by atoms with Gasteiger partial charge in [-0.1, -0.05) is 0 Å². The van der Waals surface area contributed by atoms with Crippen LogP contribution in [0.5, 0.6) is 0 Å². The second-order valence-corrected chi connectivity index (χ2v) is 7.45. The Morgan fingerprint density at radius 3 is 2.57 bits per heavy atom. The molecule has 1 atom stereocenters. The van der Waals surface area contributed by atoms with Crippen molar-refractivity contribution in [3.8, 4) is 0 Å². The van der Waals surface area contributed by atoms with Gasteiger partial charge >= 0.3 is 18.5 Å². The Balaban J connectivity index is 2.01. The van der Waals surface area contributed by atoms with Crippen LogP contribution in [0.4, 0.5) is 29.3 Å². The molecular weight excluding hydrogens is 477 g/mol. The van der Waals surface area contributed by atoms with Crippen LogP contribution in [0.3, 0.4) is 0 Å². The fourth-order valence-corrected chi connectivity index (χ4v) is 3.37. The van der Waals surface area contributed by atoms with E-state index in [4.69, 9.17) is 14.7 Å². The van der Waals surface area contributed by atoms with Crippen LogP contribution in [0, 0.1) is 5.82 Å². The summed E-state index contributed by atoms with van der Waals surface area (Å²) in [5, 5.41) is 11.7. The van der Waals surface area contributed by atoms with E-state index in [0.29, 0.717) is 6.54 Å².